The van der Waals surface area contributed by atoms with Gasteiger partial charge in [0.2, 0.25) is 11.8 Å². The molecule has 86 valence electrons. The molecule has 0 aromatic carbocycles. The predicted octanol–water partition coefficient (Wildman–Crippen LogP) is -1.09. The molecule has 1 saturated heterocycles. The van der Waals surface area contributed by atoms with Crippen LogP contribution in [0.5, 0.6) is 0 Å². The van der Waals surface area contributed by atoms with E-state index in [4.69, 9.17) is 5.73 Å². The minimum absolute atomic E-state index is 0.190. The number of piperidine rings is 1. The van der Waals surface area contributed by atoms with Gasteiger partial charge in [0.15, 0.2) is 6.61 Å². The van der Waals surface area contributed by atoms with Crippen molar-refractivity contribution < 1.29 is 14.4 Å². The van der Waals surface area contributed by atoms with Crippen molar-refractivity contribution in [2.45, 2.75) is 19.8 Å². The van der Waals surface area contributed by atoms with Crippen LogP contribution in [0.15, 0.2) is 0 Å². The Bertz CT molecular complexity index is 249. The van der Waals surface area contributed by atoms with Gasteiger partial charge in [0, 0.05) is 0 Å². The van der Waals surface area contributed by atoms with Crippen LogP contribution >= 0.6 is 0 Å². The van der Waals surface area contributed by atoms with Crippen molar-refractivity contribution in [2.75, 3.05) is 19.7 Å². The first kappa shape index (κ1) is 11.9. The summed E-state index contributed by atoms with van der Waals surface area (Å²) in [5.41, 5.74) is 6.71. The normalized spacial score (nSPS) is 19.5. The number of carbonyl (C=O) groups is 2. The second-order valence-electron chi connectivity index (χ2n) is 4.00. The third-order valence-electron chi connectivity index (χ3n) is 2.63. The number of hydrogen-bond donors (Lipinski definition) is 3. The molecule has 1 aliphatic rings. The second-order valence-corrected chi connectivity index (χ2v) is 4.00. The van der Waals surface area contributed by atoms with E-state index in [1.165, 1.54) is 0 Å². The Labute approximate surface area is 88.5 Å². The van der Waals surface area contributed by atoms with E-state index >= 15 is 0 Å². The van der Waals surface area contributed by atoms with Crippen molar-refractivity contribution >= 4 is 11.8 Å². The second kappa shape index (κ2) is 5.09. The van der Waals surface area contributed by atoms with Crippen molar-refractivity contribution in [3.63, 3.8) is 0 Å². The molecule has 0 aromatic heterocycles. The third kappa shape index (κ3) is 3.49. The van der Waals surface area contributed by atoms with Crippen LogP contribution in [-0.4, -0.2) is 31.5 Å². The van der Waals surface area contributed by atoms with Gasteiger partial charge >= 0.3 is 0 Å². The largest absolute Gasteiger partial charge is 0.368 e. The van der Waals surface area contributed by atoms with E-state index in [1.807, 2.05) is 6.92 Å². The van der Waals surface area contributed by atoms with E-state index < -0.39 is 11.3 Å². The lowest BCUT2D eigenvalue weighted by molar-refractivity contribution is -0.147. The van der Waals surface area contributed by atoms with Crippen molar-refractivity contribution in [1.82, 2.24) is 10.8 Å². The van der Waals surface area contributed by atoms with Crippen LogP contribution in [0.2, 0.25) is 0 Å². The number of nitrogens with one attached hydrogen (secondary N) is 2. The van der Waals surface area contributed by atoms with E-state index in [1.54, 1.807) is 0 Å². The summed E-state index contributed by atoms with van der Waals surface area (Å²) in [5, 5.41) is 3.17. The predicted molar refractivity (Wildman–Crippen MR) is 53.5 cm³/mol. The summed E-state index contributed by atoms with van der Waals surface area (Å²) in [5.74, 6) is -0.795. The summed E-state index contributed by atoms with van der Waals surface area (Å²) < 4.78 is 0. The molecule has 0 spiro atoms. The summed E-state index contributed by atoms with van der Waals surface area (Å²) in [6.45, 7) is 3.23. The number of rotatable bonds is 4. The van der Waals surface area contributed by atoms with E-state index in [-0.39, 0.29) is 12.5 Å². The fourth-order valence-electron chi connectivity index (χ4n) is 1.50. The van der Waals surface area contributed by atoms with Gasteiger partial charge < -0.3 is 11.1 Å². The van der Waals surface area contributed by atoms with Gasteiger partial charge in [0.05, 0.1) is 5.41 Å². The molecule has 2 amide bonds. The smallest absolute Gasteiger partial charge is 0.249 e. The highest BCUT2D eigenvalue weighted by Crippen LogP contribution is 2.27. The van der Waals surface area contributed by atoms with Gasteiger partial charge in [0.1, 0.15) is 0 Å². The summed E-state index contributed by atoms with van der Waals surface area (Å²) in [6.07, 6.45) is 1.53. The fourth-order valence-corrected chi connectivity index (χ4v) is 1.50. The molecular formula is C9H17N3O3. The number of hydroxylamine groups is 1. The number of carbonyl (C=O) groups excluding carboxylic acids is 2. The number of amides is 2. The topological polar surface area (TPSA) is 93.4 Å². The lowest BCUT2D eigenvalue weighted by Gasteiger charge is -2.31. The molecule has 15 heavy (non-hydrogen) atoms. The van der Waals surface area contributed by atoms with Gasteiger partial charge in [-0.2, -0.15) is 0 Å². The molecule has 0 saturated carbocycles. The average molecular weight is 215 g/mol. The first-order chi connectivity index (χ1) is 7.04. The summed E-state index contributed by atoms with van der Waals surface area (Å²) in [7, 11) is 0. The van der Waals surface area contributed by atoms with Gasteiger partial charge in [-0.15, -0.1) is 0 Å². The average Bonchev–Trinajstić information content (AvgIpc) is 2.18. The molecule has 1 rings (SSSR count). The minimum Gasteiger partial charge on any atom is -0.368 e. The van der Waals surface area contributed by atoms with Crippen LogP contribution in [0.3, 0.4) is 0 Å². The highest BCUT2D eigenvalue weighted by atomic mass is 16.7. The Morgan fingerprint density at radius 3 is 2.60 bits per heavy atom. The first-order valence-electron chi connectivity index (χ1n) is 4.96. The Morgan fingerprint density at radius 2 is 2.07 bits per heavy atom. The molecule has 4 N–H and O–H groups in total. The lowest BCUT2D eigenvalue weighted by Crippen LogP contribution is -2.46. The molecule has 0 radical (unpaired) electrons. The van der Waals surface area contributed by atoms with E-state index in [0.29, 0.717) is 0 Å². The highest BCUT2D eigenvalue weighted by Gasteiger charge is 2.34. The maximum atomic E-state index is 11.7. The van der Waals surface area contributed by atoms with Crippen LogP contribution in [0.4, 0.5) is 0 Å². The Hall–Kier alpha value is -1.14. The third-order valence-corrected chi connectivity index (χ3v) is 2.63. The highest BCUT2D eigenvalue weighted by molar-refractivity contribution is 5.81. The summed E-state index contributed by atoms with van der Waals surface area (Å²) in [6, 6.07) is 0. The van der Waals surface area contributed by atoms with Gasteiger partial charge in [-0.3, -0.25) is 14.4 Å². The van der Waals surface area contributed by atoms with Crippen molar-refractivity contribution in [3.05, 3.63) is 0 Å². The van der Waals surface area contributed by atoms with Crippen molar-refractivity contribution in [2.24, 2.45) is 11.1 Å². The quantitative estimate of drug-likeness (QED) is 0.519. The zero-order valence-electron chi connectivity index (χ0n) is 8.84. The van der Waals surface area contributed by atoms with E-state index in [9.17, 15) is 9.59 Å². The number of hydrogen-bond acceptors (Lipinski definition) is 4. The molecule has 0 atom stereocenters. The number of nitrogens with two attached hydrogens (primary N) is 1. The molecule has 0 aliphatic carbocycles. The van der Waals surface area contributed by atoms with Crippen LogP contribution in [0.25, 0.3) is 0 Å². The lowest BCUT2D eigenvalue weighted by atomic mass is 9.80. The fraction of sp³-hybridized carbons (Fsp3) is 0.778. The van der Waals surface area contributed by atoms with Crippen molar-refractivity contribution in [1.29, 1.82) is 0 Å². The van der Waals surface area contributed by atoms with Crippen LogP contribution in [0.1, 0.15) is 19.8 Å². The van der Waals surface area contributed by atoms with Crippen LogP contribution < -0.4 is 16.5 Å². The molecule has 0 bridgehead atoms. The molecule has 6 nitrogen and oxygen atoms in total. The summed E-state index contributed by atoms with van der Waals surface area (Å²) in [4.78, 5) is 26.7. The van der Waals surface area contributed by atoms with E-state index in [2.05, 4.69) is 15.6 Å². The molecule has 1 heterocycles. The van der Waals surface area contributed by atoms with Crippen molar-refractivity contribution in [3.8, 4) is 0 Å². The van der Waals surface area contributed by atoms with Gasteiger partial charge in [-0.1, -0.05) is 6.92 Å². The molecule has 6 heteroatoms. The Balaban J connectivity index is 2.34. The Kier molecular flexibility index (Phi) is 4.05. The first-order valence-corrected chi connectivity index (χ1v) is 4.96. The number of primary amides is 1. The maximum absolute atomic E-state index is 11.7. The molecular weight excluding hydrogens is 198 g/mol. The molecule has 0 aromatic rings. The molecule has 0 unspecified atom stereocenters. The van der Waals surface area contributed by atoms with Gasteiger partial charge in [-0.25, -0.2) is 5.48 Å². The minimum atomic E-state index is -0.606. The molecule has 1 fully saturated rings. The SMILES string of the molecule is CC1(C(=O)NOCC(N)=O)CCNCC1. The van der Waals surface area contributed by atoms with Gasteiger partial charge in [0.25, 0.3) is 0 Å². The van der Waals surface area contributed by atoms with Gasteiger partial charge in [-0.05, 0) is 25.9 Å². The monoisotopic (exact) mass is 215 g/mol. The molecule has 1 aliphatic heterocycles. The zero-order chi connectivity index (χ0) is 11.3. The maximum Gasteiger partial charge on any atom is 0.249 e. The van der Waals surface area contributed by atoms with Crippen LogP contribution in [0, 0.1) is 5.41 Å². The zero-order valence-corrected chi connectivity index (χ0v) is 8.84. The summed E-state index contributed by atoms with van der Waals surface area (Å²) >= 11 is 0. The Morgan fingerprint density at radius 1 is 1.47 bits per heavy atom. The standard InChI is InChI=1S/C9H17N3O3/c1-9(2-4-11-5-3-9)8(14)12-15-6-7(10)13/h11H,2-6H2,1H3,(H2,10,13)(H,12,14). The van der Waals surface area contributed by atoms with Crippen LogP contribution in [-0.2, 0) is 14.4 Å². The van der Waals surface area contributed by atoms with E-state index in [0.717, 1.165) is 25.9 Å².